The predicted molar refractivity (Wildman–Crippen MR) is 218 cm³/mol. The van der Waals surface area contributed by atoms with E-state index in [1.165, 1.54) is 96.3 Å². The van der Waals surface area contributed by atoms with Gasteiger partial charge in [0.25, 0.3) is 0 Å². The standard InChI is InChI=1S/C46H80O4/c1-3-5-6-7-8-9-10-11-12-13-14-18-21-24-27-30-33-36-39-43-46(49)50-44(40-4-2)41-37-34-31-28-25-22-19-16-15-17-20-23-26-29-32-35-38-42-45(47)48/h5-6,8-9,11-12,14,18,24,27,44H,3-4,7,10,13,15-17,19-23,25-26,28-43H2,1-2H3,(H,47,48)/b6-5-,9-8-,12-11-,18-14-,27-24-. The molecule has 0 radical (unpaired) electrons. The maximum absolute atomic E-state index is 12.5. The minimum Gasteiger partial charge on any atom is -0.481 e. The summed E-state index contributed by atoms with van der Waals surface area (Å²) in [5.41, 5.74) is 0. The molecule has 0 saturated heterocycles. The molecule has 0 aliphatic heterocycles. The van der Waals surface area contributed by atoms with E-state index in [1.54, 1.807) is 0 Å². The molecule has 1 atom stereocenters. The van der Waals surface area contributed by atoms with Gasteiger partial charge in [-0.2, -0.15) is 0 Å². The molecular formula is C46H80O4. The molecule has 0 rings (SSSR count). The van der Waals surface area contributed by atoms with Crippen molar-refractivity contribution in [1.82, 2.24) is 0 Å². The van der Waals surface area contributed by atoms with Crippen molar-refractivity contribution in [2.75, 3.05) is 0 Å². The number of rotatable bonds is 38. The first-order valence-electron chi connectivity index (χ1n) is 21.3. The lowest BCUT2D eigenvalue weighted by molar-refractivity contribution is -0.150. The van der Waals surface area contributed by atoms with Crippen molar-refractivity contribution in [1.29, 1.82) is 0 Å². The highest BCUT2D eigenvalue weighted by Gasteiger charge is 2.13. The summed E-state index contributed by atoms with van der Waals surface area (Å²) in [4.78, 5) is 23.0. The van der Waals surface area contributed by atoms with E-state index in [2.05, 4.69) is 74.6 Å². The third-order valence-corrected chi connectivity index (χ3v) is 9.23. The molecule has 0 amide bonds. The van der Waals surface area contributed by atoms with Gasteiger partial charge in [0.2, 0.25) is 0 Å². The number of carboxylic acid groups (broad SMARTS) is 1. The topological polar surface area (TPSA) is 63.6 Å². The van der Waals surface area contributed by atoms with Crippen LogP contribution in [0.4, 0.5) is 0 Å². The van der Waals surface area contributed by atoms with Gasteiger partial charge in [0.15, 0.2) is 0 Å². The van der Waals surface area contributed by atoms with Crippen molar-refractivity contribution < 1.29 is 19.4 Å². The normalized spacial score (nSPS) is 12.8. The number of carboxylic acids is 1. The molecule has 0 aliphatic carbocycles. The molecule has 50 heavy (non-hydrogen) atoms. The number of esters is 1. The van der Waals surface area contributed by atoms with Gasteiger partial charge in [0, 0.05) is 12.8 Å². The van der Waals surface area contributed by atoms with E-state index in [0.717, 1.165) is 89.9 Å². The monoisotopic (exact) mass is 697 g/mol. The van der Waals surface area contributed by atoms with Crippen molar-refractivity contribution in [2.45, 2.75) is 219 Å². The van der Waals surface area contributed by atoms with Crippen molar-refractivity contribution in [3.8, 4) is 0 Å². The second kappa shape index (κ2) is 41.1. The van der Waals surface area contributed by atoms with Crippen molar-refractivity contribution in [3.63, 3.8) is 0 Å². The quantitative estimate of drug-likeness (QED) is 0.0396. The fourth-order valence-electron chi connectivity index (χ4n) is 6.21. The van der Waals surface area contributed by atoms with E-state index in [9.17, 15) is 9.59 Å². The molecule has 0 aliphatic rings. The SMILES string of the molecule is CC/C=C\C/C=C\C/C=C\C/C=C\C/C=C\CCCCCC(=O)OC(CCC)CCCCCCCCCCCCCCCCCCCC(=O)O. The van der Waals surface area contributed by atoms with E-state index in [-0.39, 0.29) is 12.1 Å². The summed E-state index contributed by atoms with van der Waals surface area (Å²) in [5.74, 6) is -0.661. The van der Waals surface area contributed by atoms with Gasteiger partial charge in [0.1, 0.15) is 6.10 Å². The molecular weight excluding hydrogens is 617 g/mol. The number of hydrogen-bond acceptors (Lipinski definition) is 3. The molecule has 288 valence electrons. The van der Waals surface area contributed by atoms with Crippen LogP contribution in [-0.4, -0.2) is 23.1 Å². The Morgan fingerprint density at radius 2 is 0.840 bits per heavy atom. The Morgan fingerprint density at radius 3 is 1.28 bits per heavy atom. The second-order valence-corrected chi connectivity index (χ2v) is 14.2. The van der Waals surface area contributed by atoms with Gasteiger partial charge < -0.3 is 9.84 Å². The lowest BCUT2D eigenvalue weighted by Gasteiger charge is -2.17. The molecule has 0 aromatic heterocycles. The maximum atomic E-state index is 12.5. The minimum atomic E-state index is -0.664. The Balaban J connectivity index is 3.60. The molecule has 4 nitrogen and oxygen atoms in total. The molecule has 0 bridgehead atoms. The average Bonchev–Trinajstić information content (AvgIpc) is 3.10. The summed E-state index contributed by atoms with van der Waals surface area (Å²) in [7, 11) is 0. The van der Waals surface area contributed by atoms with Crippen LogP contribution in [0.3, 0.4) is 0 Å². The smallest absolute Gasteiger partial charge is 0.306 e. The fourth-order valence-corrected chi connectivity index (χ4v) is 6.21. The maximum Gasteiger partial charge on any atom is 0.306 e. The van der Waals surface area contributed by atoms with E-state index < -0.39 is 5.97 Å². The Hall–Kier alpha value is -2.36. The summed E-state index contributed by atoms with van der Waals surface area (Å²) < 4.78 is 5.88. The number of hydrogen-bond donors (Lipinski definition) is 1. The summed E-state index contributed by atoms with van der Waals surface area (Å²) in [6.45, 7) is 4.35. The minimum absolute atomic E-state index is 0.00305. The highest BCUT2D eigenvalue weighted by molar-refractivity contribution is 5.69. The number of aliphatic carboxylic acids is 1. The Morgan fingerprint density at radius 1 is 0.460 bits per heavy atom. The van der Waals surface area contributed by atoms with Crippen LogP contribution in [0.15, 0.2) is 60.8 Å². The lowest BCUT2D eigenvalue weighted by atomic mass is 10.0. The van der Waals surface area contributed by atoms with Crippen LogP contribution >= 0.6 is 0 Å². The van der Waals surface area contributed by atoms with Crippen molar-refractivity contribution >= 4 is 11.9 Å². The number of allylic oxidation sites excluding steroid dienone is 10. The third kappa shape index (κ3) is 40.1. The zero-order chi connectivity index (χ0) is 36.4. The average molecular weight is 697 g/mol. The van der Waals surface area contributed by atoms with Crippen LogP contribution < -0.4 is 0 Å². The number of unbranched alkanes of at least 4 members (excludes halogenated alkanes) is 19. The Bertz CT molecular complexity index is 881. The Labute approximate surface area is 310 Å². The molecule has 0 aromatic carbocycles. The molecule has 4 heteroatoms. The van der Waals surface area contributed by atoms with Crippen LogP contribution in [-0.2, 0) is 14.3 Å². The number of ether oxygens (including phenoxy) is 1. The highest BCUT2D eigenvalue weighted by atomic mass is 16.5. The first-order valence-corrected chi connectivity index (χ1v) is 21.3. The van der Waals surface area contributed by atoms with E-state index >= 15 is 0 Å². The number of carbonyl (C=O) groups is 2. The van der Waals surface area contributed by atoms with E-state index in [0.29, 0.717) is 12.8 Å². The molecule has 0 saturated carbocycles. The molecule has 0 spiro atoms. The number of carbonyl (C=O) groups excluding carboxylic acids is 1. The summed E-state index contributed by atoms with van der Waals surface area (Å²) >= 11 is 0. The van der Waals surface area contributed by atoms with Gasteiger partial charge in [-0.15, -0.1) is 0 Å². The zero-order valence-electron chi connectivity index (χ0n) is 32.9. The van der Waals surface area contributed by atoms with E-state index in [1.807, 2.05) is 0 Å². The second-order valence-electron chi connectivity index (χ2n) is 14.2. The van der Waals surface area contributed by atoms with Crippen LogP contribution in [0.1, 0.15) is 213 Å². The first-order chi connectivity index (χ1) is 24.6. The summed E-state index contributed by atoms with van der Waals surface area (Å²) in [6.07, 6.45) is 57.5. The largest absolute Gasteiger partial charge is 0.481 e. The predicted octanol–water partition coefficient (Wildman–Crippen LogP) is 14.9. The summed E-state index contributed by atoms with van der Waals surface area (Å²) in [5, 5.41) is 8.66. The fraction of sp³-hybridized carbons (Fsp3) is 0.739. The molecule has 0 fully saturated rings. The van der Waals surface area contributed by atoms with Crippen LogP contribution in [0.5, 0.6) is 0 Å². The van der Waals surface area contributed by atoms with Crippen LogP contribution in [0.2, 0.25) is 0 Å². The van der Waals surface area contributed by atoms with Crippen LogP contribution in [0.25, 0.3) is 0 Å². The first kappa shape index (κ1) is 47.6. The highest BCUT2D eigenvalue weighted by Crippen LogP contribution is 2.17. The Kier molecular flexibility index (Phi) is 39.1. The van der Waals surface area contributed by atoms with E-state index in [4.69, 9.17) is 9.84 Å². The van der Waals surface area contributed by atoms with Gasteiger partial charge in [-0.3, -0.25) is 9.59 Å². The van der Waals surface area contributed by atoms with Gasteiger partial charge in [-0.25, -0.2) is 0 Å². The summed E-state index contributed by atoms with van der Waals surface area (Å²) in [6, 6.07) is 0. The van der Waals surface area contributed by atoms with Gasteiger partial charge >= 0.3 is 11.9 Å². The lowest BCUT2D eigenvalue weighted by Crippen LogP contribution is -2.18. The van der Waals surface area contributed by atoms with Crippen LogP contribution in [0, 0.1) is 0 Å². The molecule has 1 unspecified atom stereocenters. The van der Waals surface area contributed by atoms with Crippen molar-refractivity contribution in [3.05, 3.63) is 60.8 Å². The molecule has 0 heterocycles. The van der Waals surface area contributed by atoms with Crippen molar-refractivity contribution in [2.24, 2.45) is 0 Å². The third-order valence-electron chi connectivity index (χ3n) is 9.23. The van der Waals surface area contributed by atoms with Gasteiger partial charge in [0.05, 0.1) is 0 Å². The molecule has 0 aromatic rings. The van der Waals surface area contributed by atoms with Gasteiger partial charge in [-0.05, 0) is 77.0 Å². The molecule has 1 N–H and O–H groups in total. The zero-order valence-corrected chi connectivity index (χ0v) is 32.9. The van der Waals surface area contributed by atoms with Gasteiger partial charge in [-0.1, -0.05) is 184 Å².